The van der Waals surface area contributed by atoms with Gasteiger partial charge in [0.1, 0.15) is 11.6 Å². The number of alkyl halides is 3. The largest absolute Gasteiger partial charge is 0.493 e. The number of Topliss-reactive ketones (excluding diaryl/α,β-unsaturated/α-hetero) is 2. The Bertz CT molecular complexity index is 3390. The van der Waals surface area contributed by atoms with E-state index >= 15 is 0 Å². The average Bonchev–Trinajstić information content (AvgIpc) is 1.64. The molecule has 0 aromatic rings. The molecule has 0 aromatic heterocycles. The number of thioether (sulfide) groups is 3. The number of imide groups is 3. The highest BCUT2D eigenvalue weighted by atomic mass is 32.2. The van der Waals surface area contributed by atoms with Crippen LogP contribution < -0.4 is 21.7 Å². The fourth-order valence-corrected chi connectivity index (χ4v) is 19.0. The van der Waals surface area contributed by atoms with E-state index in [-0.39, 0.29) is 144 Å². The second-order valence-electron chi connectivity index (χ2n) is 29.5. The minimum Gasteiger partial charge on any atom is -0.481 e. The number of ketones is 2. The molecule has 0 spiro atoms. The number of hydrogen-bond donors (Lipinski definition) is 6. The van der Waals surface area contributed by atoms with E-state index in [0.717, 1.165) is 88.1 Å². The molecule has 9 atom stereocenters. The van der Waals surface area contributed by atoms with Gasteiger partial charge in [0.15, 0.2) is 0 Å². The number of nitrogens with one attached hydrogen (secondary N) is 3. The van der Waals surface area contributed by atoms with E-state index in [1.54, 1.807) is 0 Å². The second kappa shape index (κ2) is 61.0. The van der Waals surface area contributed by atoms with Crippen molar-refractivity contribution in [1.29, 1.82) is 0 Å². The summed E-state index contributed by atoms with van der Waals surface area (Å²) in [5.41, 5.74) is 5.07. The fraction of sp³-hybridized carbons (Fsp3) is 0.797. The van der Waals surface area contributed by atoms with Crippen LogP contribution in [-0.4, -0.2) is 356 Å². The van der Waals surface area contributed by atoms with Gasteiger partial charge in [0.2, 0.25) is 0 Å². The highest BCUT2D eigenvalue weighted by Gasteiger charge is 2.51. The van der Waals surface area contributed by atoms with E-state index in [1.165, 1.54) is 0 Å². The van der Waals surface area contributed by atoms with Crippen molar-refractivity contribution in [3.05, 3.63) is 0 Å². The summed E-state index contributed by atoms with van der Waals surface area (Å²) >= 11 is 5.76. The van der Waals surface area contributed by atoms with Gasteiger partial charge in [-0.15, -0.1) is 15.2 Å². The first-order valence-electron chi connectivity index (χ1n) is 42.7. The van der Waals surface area contributed by atoms with Gasteiger partial charge in [-0.05, 0) is 72.1 Å². The number of carbonyl (C=O) groups is 16. The summed E-state index contributed by atoms with van der Waals surface area (Å²) in [7, 11) is 0. The fourth-order valence-electron chi connectivity index (χ4n) is 14.2. The number of likely N-dealkylation sites (N-methyl/N-ethyl adjacent to an activating group) is 3. The number of hydrogen-bond acceptors (Lipinski definition) is 32. The second-order valence-corrected chi connectivity index (χ2v) is 33.3. The van der Waals surface area contributed by atoms with E-state index in [4.69, 9.17) is 68.3 Å². The van der Waals surface area contributed by atoms with Crippen molar-refractivity contribution in [2.45, 2.75) is 239 Å². The third kappa shape index (κ3) is 40.7. The first-order valence-corrected chi connectivity index (χ1v) is 45.9. The Labute approximate surface area is 737 Å². The van der Waals surface area contributed by atoms with Gasteiger partial charge in [-0.2, -0.15) is 48.5 Å². The Hall–Kier alpha value is -7.64. The predicted octanol–water partition coefficient (Wildman–Crippen LogP) is 4.84. The average molecular weight is 1850 g/mol. The van der Waals surface area contributed by atoms with E-state index in [2.05, 4.69) is 20.8 Å². The van der Waals surface area contributed by atoms with Gasteiger partial charge in [-0.25, -0.2) is 28.8 Å². The lowest BCUT2D eigenvalue weighted by Gasteiger charge is -2.26. The number of ether oxygens (including phenoxy) is 9. The number of halogens is 3. The molecule has 9 fully saturated rings. The third-order valence-corrected chi connectivity index (χ3v) is 24.8. The first-order chi connectivity index (χ1) is 60.0. The van der Waals surface area contributed by atoms with Gasteiger partial charge in [-0.1, -0.05) is 19.3 Å². The zero-order valence-corrected chi connectivity index (χ0v) is 73.9. The highest BCUT2D eigenvalue weighted by Crippen LogP contribution is 2.40. The van der Waals surface area contributed by atoms with Gasteiger partial charge in [-0.3, -0.25) is 47.9 Å². The van der Waals surface area contributed by atoms with Crippen LogP contribution in [0.5, 0.6) is 0 Å². The van der Waals surface area contributed by atoms with Crippen LogP contribution >= 0.6 is 35.3 Å². The maximum absolute atomic E-state index is 12.2. The van der Waals surface area contributed by atoms with Crippen LogP contribution in [0.15, 0.2) is 0 Å². The zero-order chi connectivity index (χ0) is 91.5. The molecule has 0 unspecified atom stereocenters. The van der Waals surface area contributed by atoms with Gasteiger partial charge in [0.25, 0.3) is 35.4 Å². The summed E-state index contributed by atoms with van der Waals surface area (Å²) < 4.78 is 82.7. The van der Waals surface area contributed by atoms with Crippen LogP contribution in [0, 0.1) is 0 Å². The molecular formula is C79H125F3N10O30S3. The van der Waals surface area contributed by atoms with Crippen molar-refractivity contribution in [1.82, 2.24) is 45.8 Å². The summed E-state index contributed by atoms with van der Waals surface area (Å²) in [6.45, 7) is 15.7. The molecule has 0 aliphatic carbocycles. The number of fused-ring (bicyclic) bond motifs is 3. The highest BCUT2D eigenvalue weighted by molar-refractivity contribution is 8.00. The molecule has 12 amide bonds. The van der Waals surface area contributed by atoms with E-state index in [9.17, 15) is 89.9 Å². The maximum Gasteiger partial charge on any atom is 0.493 e. The molecule has 9 saturated heterocycles. The van der Waals surface area contributed by atoms with Crippen LogP contribution in [0.25, 0.3) is 0 Å². The molecule has 9 heterocycles. The topological polar surface area (TPSA) is 506 Å². The van der Waals surface area contributed by atoms with Gasteiger partial charge in [0, 0.05) is 143 Å². The number of unbranched alkanes of at least 4 members (excludes halogenated alkanes) is 3. The normalized spacial score (nSPS) is 21.6. The molecule has 40 nitrogen and oxygen atoms in total. The molecule has 9 aliphatic heterocycles. The Kier molecular flexibility index (Phi) is 52.6. The zero-order valence-electron chi connectivity index (χ0n) is 71.5. The van der Waals surface area contributed by atoms with Crippen molar-refractivity contribution >= 4 is 130 Å². The molecule has 710 valence electrons. The van der Waals surface area contributed by atoms with E-state index in [1.807, 2.05) is 70.8 Å². The van der Waals surface area contributed by atoms with Crippen molar-refractivity contribution < 1.29 is 157 Å². The van der Waals surface area contributed by atoms with E-state index < -0.39 is 71.5 Å². The minimum absolute atomic E-state index is 0.00104. The standard InChI is InChI=1S/C28H45N3O10S.C24H42N2O8S.C16H23N3O5S.C6H4F3NO4.C5H11NO3/c1-2-30-27-22(29-28(30)36)20-42-23(27)8-4-3-6-21(32)7-5-12-37-14-16-39-18-19-40-17-15-38-13-11-26(35)41-31-24(33)9-10-25(31)34;1-2-26-23-20(25-24(26)30)18-35-21(23)8-4-3-6-19(27)7-5-10-31-12-14-33-16-17-34-15-13-32-11-9-22(28)29;1-2-18-15-10(17-16(18)23)9-25-11(15)5-3-4-6-14(22)24-19-12(20)7-8-13(19)21;7-6(8,9)5(13)14-10-3(11)1-2-4(10)12;6-2-4-9-3-1-5(7)8/h22-23,27H,2-20H2,1H3,(H,29,36);20-21,23H,2-18H2,1H3,(H,25,30)(H,28,29);10-11,15H,2-9H2,1H3,(H,17,23);1-2H2;1-4,6H2,(H,7,8)/t22-,23-,27-;20-,21-,23-;10-,11-,15-;;/m000../s1. The number of nitrogens with two attached hydrogens (primary N) is 1. The lowest BCUT2D eigenvalue weighted by molar-refractivity contribution is -0.232. The summed E-state index contributed by atoms with van der Waals surface area (Å²) in [6.07, 6.45) is 6.83. The Morgan fingerprint density at radius 2 is 0.624 bits per heavy atom. The molecule has 0 bridgehead atoms. The lowest BCUT2D eigenvalue weighted by Crippen LogP contribution is -2.40. The van der Waals surface area contributed by atoms with Crippen LogP contribution in [0.4, 0.5) is 27.6 Å². The Morgan fingerprint density at radius 1 is 0.360 bits per heavy atom. The number of carboxylic acid groups (broad SMARTS) is 2. The summed E-state index contributed by atoms with van der Waals surface area (Å²) in [5.74, 6) is -5.91. The number of nitrogens with zero attached hydrogens (tertiary/aromatic N) is 6. The van der Waals surface area contributed by atoms with Gasteiger partial charge >= 0.3 is 54.1 Å². The van der Waals surface area contributed by atoms with Crippen LogP contribution in [0.1, 0.15) is 181 Å². The number of hydroxylamine groups is 6. The number of amides is 12. The SMILES string of the molecule is CCN1C(=O)N[C@H]2CS[C@@H](CCCCC(=O)CCCOCCOCCOCCOCCC(=O)O)[C@H]21.CCN1C(=O)N[C@H]2CS[C@@H](CCCCC(=O)CCCOCCOCCOCCOCCC(=O)ON3C(=O)CCC3=O)[C@H]21.CCN1C(=O)N[C@H]2CS[C@@H](CCCCC(=O)ON3C(=O)CCC3=O)[C@H]21.NCCOCCC(=O)O.O=C1CCC(=O)N1OC(=O)C(F)(F)F. The molecule has 46 heteroatoms. The third-order valence-electron chi connectivity index (χ3n) is 20.3. The summed E-state index contributed by atoms with van der Waals surface area (Å²) in [4.78, 5) is 200. The van der Waals surface area contributed by atoms with Gasteiger partial charge < -0.3 is 104 Å². The van der Waals surface area contributed by atoms with Crippen molar-refractivity contribution in [2.24, 2.45) is 5.73 Å². The number of aliphatic carboxylic acids is 2. The monoisotopic (exact) mass is 1850 g/mol. The number of rotatable bonds is 58. The van der Waals surface area contributed by atoms with Crippen LogP contribution in [0.3, 0.4) is 0 Å². The van der Waals surface area contributed by atoms with Crippen molar-refractivity contribution in [3.63, 3.8) is 0 Å². The molecule has 0 saturated carbocycles. The first kappa shape index (κ1) is 108. The molecule has 0 radical (unpaired) electrons. The van der Waals surface area contributed by atoms with Crippen LogP contribution in [0.2, 0.25) is 0 Å². The maximum atomic E-state index is 12.2. The van der Waals surface area contributed by atoms with Crippen molar-refractivity contribution in [2.75, 3.05) is 162 Å². The molecule has 9 aliphatic rings. The predicted molar refractivity (Wildman–Crippen MR) is 441 cm³/mol. The molecule has 9 rings (SSSR count). The lowest BCUT2D eigenvalue weighted by atomic mass is 10.0. The van der Waals surface area contributed by atoms with Crippen LogP contribution in [-0.2, 0) is 119 Å². The number of urea groups is 3. The minimum atomic E-state index is -5.22. The van der Waals surface area contributed by atoms with Gasteiger partial charge in [0.05, 0.1) is 161 Å². The number of carboxylic acids is 2. The van der Waals surface area contributed by atoms with E-state index in [0.29, 0.717) is 188 Å². The molecule has 0 aromatic carbocycles. The Morgan fingerprint density at radius 3 is 0.920 bits per heavy atom. The smallest absolute Gasteiger partial charge is 0.481 e. The molecular weight excluding hydrogens is 1720 g/mol. The Balaban J connectivity index is 0.000000300. The number of carbonyl (C=O) groups excluding carboxylic acids is 14. The van der Waals surface area contributed by atoms with Crippen molar-refractivity contribution in [3.8, 4) is 0 Å². The summed E-state index contributed by atoms with van der Waals surface area (Å²) in [5, 5.41) is 28.0. The molecule has 125 heavy (non-hydrogen) atoms. The quantitative estimate of drug-likeness (QED) is 0.0269. The summed E-state index contributed by atoms with van der Waals surface area (Å²) in [6, 6.07) is 1.74. The molecule has 7 N–H and O–H groups in total.